The zero-order valence-corrected chi connectivity index (χ0v) is 14.0. The second-order valence-corrected chi connectivity index (χ2v) is 6.07. The average molecular weight is 305 g/mol. The smallest absolute Gasteiger partial charge is 0.311 e. The molecular weight excluding hydrogens is 278 g/mol. The number of benzene rings is 1. The zero-order valence-electron chi connectivity index (χ0n) is 14.0. The number of aliphatic carboxylic acids is 1. The summed E-state index contributed by atoms with van der Waals surface area (Å²) in [5, 5.41) is 12.1. The van der Waals surface area contributed by atoms with Crippen LogP contribution < -0.4 is 5.32 Å². The Labute approximate surface area is 132 Å². The minimum Gasteiger partial charge on any atom is -0.481 e. The maximum atomic E-state index is 12.0. The Morgan fingerprint density at radius 1 is 1.09 bits per heavy atom. The number of carboxylic acids is 1. The van der Waals surface area contributed by atoms with Gasteiger partial charge in [0.1, 0.15) is 0 Å². The number of carbonyl (C=O) groups is 2. The number of aryl methyl sites for hydroxylation is 3. The van der Waals surface area contributed by atoms with Crippen molar-refractivity contribution in [2.24, 2.45) is 5.41 Å². The molecule has 1 aromatic carbocycles. The highest BCUT2D eigenvalue weighted by Gasteiger charge is 2.34. The molecule has 0 aromatic heterocycles. The van der Waals surface area contributed by atoms with Crippen LogP contribution >= 0.6 is 0 Å². The first-order valence-electron chi connectivity index (χ1n) is 7.90. The van der Waals surface area contributed by atoms with Crippen molar-refractivity contribution in [1.82, 2.24) is 5.32 Å². The van der Waals surface area contributed by atoms with E-state index < -0.39 is 11.4 Å². The Bertz CT molecular complexity index is 513. The molecule has 1 rings (SSSR count). The van der Waals surface area contributed by atoms with Gasteiger partial charge in [0.2, 0.25) is 5.91 Å². The van der Waals surface area contributed by atoms with Gasteiger partial charge in [-0.2, -0.15) is 0 Å². The first-order valence-corrected chi connectivity index (χ1v) is 7.90. The van der Waals surface area contributed by atoms with Crippen molar-refractivity contribution in [3.8, 4) is 0 Å². The highest BCUT2D eigenvalue weighted by Crippen LogP contribution is 2.25. The summed E-state index contributed by atoms with van der Waals surface area (Å²) in [4.78, 5) is 23.4. The van der Waals surface area contributed by atoms with Crippen molar-refractivity contribution >= 4 is 11.9 Å². The van der Waals surface area contributed by atoms with Gasteiger partial charge in [-0.1, -0.05) is 43.2 Å². The van der Waals surface area contributed by atoms with Gasteiger partial charge in [-0.05, 0) is 38.7 Å². The number of carbonyl (C=O) groups excluding carboxylic acids is 1. The summed E-state index contributed by atoms with van der Waals surface area (Å²) in [6.07, 6.45) is 2.07. The van der Waals surface area contributed by atoms with Crippen molar-refractivity contribution < 1.29 is 14.7 Å². The maximum Gasteiger partial charge on any atom is 0.311 e. The molecule has 1 aromatic rings. The highest BCUT2D eigenvalue weighted by molar-refractivity contribution is 5.79. The standard InChI is InChI=1S/C18H27NO3/c1-5-18(6-2,17(21)22)12-19-16(20)8-7-15-10-13(3)9-14(4)11-15/h9-11H,5-8,12H2,1-4H3,(H,19,20)(H,21,22). The van der Waals surface area contributed by atoms with Gasteiger partial charge in [0.05, 0.1) is 5.41 Å². The highest BCUT2D eigenvalue weighted by atomic mass is 16.4. The number of rotatable bonds is 8. The van der Waals surface area contributed by atoms with E-state index >= 15 is 0 Å². The van der Waals surface area contributed by atoms with Gasteiger partial charge in [-0.3, -0.25) is 9.59 Å². The van der Waals surface area contributed by atoms with Gasteiger partial charge in [-0.15, -0.1) is 0 Å². The second-order valence-electron chi connectivity index (χ2n) is 6.07. The summed E-state index contributed by atoms with van der Waals surface area (Å²) < 4.78 is 0. The summed E-state index contributed by atoms with van der Waals surface area (Å²) in [6.45, 7) is 7.97. The van der Waals surface area contributed by atoms with E-state index in [0.717, 1.165) is 5.56 Å². The molecule has 122 valence electrons. The van der Waals surface area contributed by atoms with Crippen LogP contribution in [0.25, 0.3) is 0 Å². The Morgan fingerprint density at radius 2 is 1.64 bits per heavy atom. The van der Waals surface area contributed by atoms with Crippen LogP contribution in [0.15, 0.2) is 18.2 Å². The molecular formula is C18H27NO3. The largest absolute Gasteiger partial charge is 0.481 e. The van der Waals surface area contributed by atoms with E-state index in [0.29, 0.717) is 25.7 Å². The lowest BCUT2D eigenvalue weighted by Gasteiger charge is -2.26. The van der Waals surface area contributed by atoms with Gasteiger partial charge < -0.3 is 10.4 Å². The molecule has 0 saturated carbocycles. The van der Waals surface area contributed by atoms with Crippen LogP contribution in [0.3, 0.4) is 0 Å². The monoisotopic (exact) mass is 305 g/mol. The number of amides is 1. The Morgan fingerprint density at radius 3 is 2.09 bits per heavy atom. The van der Waals surface area contributed by atoms with Crippen LogP contribution in [-0.2, 0) is 16.0 Å². The molecule has 0 spiro atoms. The summed E-state index contributed by atoms with van der Waals surface area (Å²) in [5.41, 5.74) is 2.67. The Kier molecular flexibility index (Phi) is 6.60. The van der Waals surface area contributed by atoms with Gasteiger partial charge >= 0.3 is 5.97 Å². The third-order valence-electron chi connectivity index (χ3n) is 4.35. The lowest BCUT2D eigenvalue weighted by atomic mass is 9.82. The lowest BCUT2D eigenvalue weighted by Crippen LogP contribution is -2.42. The van der Waals surface area contributed by atoms with Crippen molar-refractivity contribution in [2.75, 3.05) is 6.54 Å². The maximum absolute atomic E-state index is 12.0. The minimum atomic E-state index is -0.852. The van der Waals surface area contributed by atoms with E-state index in [1.807, 2.05) is 27.7 Å². The number of hydrogen-bond donors (Lipinski definition) is 2. The van der Waals surface area contributed by atoms with Crippen molar-refractivity contribution in [3.63, 3.8) is 0 Å². The topological polar surface area (TPSA) is 66.4 Å². The van der Waals surface area contributed by atoms with Crippen LogP contribution in [0.2, 0.25) is 0 Å². The average Bonchev–Trinajstić information content (AvgIpc) is 2.45. The predicted octanol–water partition coefficient (Wildman–Crippen LogP) is 3.24. The molecule has 4 nitrogen and oxygen atoms in total. The van der Waals surface area contributed by atoms with Crippen LogP contribution in [0.4, 0.5) is 0 Å². The van der Waals surface area contributed by atoms with Gasteiger partial charge in [0, 0.05) is 13.0 Å². The van der Waals surface area contributed by atoms with Crippen molar-refractivity contribution in [3.05, 3.63) is 34.9 Å². The first-order chi connectivity index (χ1) is 10.3. The third-order valence-corrected chi connectivity index (χ3v) is 4.35. The predicted molar refractivity (Wildman–Crippen MR) is 87.9 cm³/mol. The number of nitrogens with one attached hydrogen (secondary N) is 1. The summed E-state index contributed by atoms with van der Waals surface area (Å²) >= 11 is 0. The van der Waals surface area contributed by atoms with E-state index in [1.165, 1.54) is 11.1 Å². The quantitative estimate of drug-likeness (QED) is 0.775. The normalized spacial score (nSPS) is 11.3. The third kappa shape index (κ3) is 4.86. The van der Waals surface area contributed by atoms with Crippen LogP contribution in [-0.4, -0.2) is 23.5 Å². The molecule has 0 fully saturated rings. The molecule has 1 amide bonds. The molecule has 22 heavy (non-hydrogen) atoms. The summed E-state index contributed by atoms with van der Waals surface area (Å²) in [5.74, 6) is -0.932. The first kappa shape index (κ1) is 18.2. The van der Waals surface area contributed by atoms with Crippen LogP contribution in [0.5, 0.6) is 0 Å². The van der Waals surface area contributed by atoms with Crippen LogP contribution in [0, 0.1) is 19.3 Å². The Hall–Kier alpha value is -1.84. The molecule has 0 saturated heterocycles. The molecule has 4 heteroatoms. The number of hydrogen-bond acceptors (Lipinski definition) is 2. The molecule has 0 aliphatic rings. The lowest BCUT2D eigenvalue weighted by molar-refractivity contribution is -0.149. The van der Waals surface area contributed by atoms with E-state index in [-0.39, 0.29) is 12.5 Å². The molecule has 0 aliphatic heterocycles. The second kappa shape index (κ2) is 7.97. The fraction of sp³-hybridized carbons (Fsp3) is 0.556. The molecule has 0 heterocycles. The van der Waals surface area contributed by atoms with Gasteiger partial charge in [-0.25, -0.2) is 0 Å². The fourth-order valence-corrected chi connectivity index (χ4v) is 2.71. The molecule has 0 bridgehead atoms. The number of carboxylic acid groups (broad SMARTS) is 1. The van der Waals surface area contributed by atoms with Gasteiger partial charge in [0.25, 0.3) is 0 Å². The van der Waals surface area contributed by atoms with E-state index in [4.69, 9.17) is 0 Å². The van der Waals surface area contributed by atoms with Crippen molar-refractivity contribution in [1.29, 1.82) is 0 Å². The minimum absolute atomic E-state index is 0.0910. The zero-order chi connectivity index (χ0) is 16.8. The molecule has 0 unspecified atom stereocenters. The molecule has 0 radical (unpaired) electrons. The van der Waals surface area contributed by atoms with Crippen molar-refractivity contribution in [2.45, 2.75) is 53.4 Å². The summed E-state index contributed by atoms with van der Waals surface area (Å²) in [6, 6.07) is 6.27. The summed E-state index contributed by atoms with van der Waals surface area (Å²) in [7, 11) is 0. The van der Waals surface area contributed by atoms with Gasteiger partial charge in [0.15, 0.2) is 0 Å². The molecule has 0 atom stereocenters. The molecule has 0 aliphatic carbocycles. The SMILES string of the molecule is CCC(CC)(CNC(=O)CCc1cc(C)cc(C)c1)C(=O)O. The van der Waals surface area contributed by atoms with E-state index in [9.17, 15) is 14.7 Å². The molecule has 2 N–H and O–H groups in total. The fourth-order valence-electron chi connectivity index (χ4n) is 2.71. The van der Waals surface area contributed by atoms with E-state index in [2.05, 4.69) is 23.5 Å². The van der Waals surface area contributed by atoms with E-state index in [1.54, 1.807) is 0 Å². The Balaban J connectivity index is 2.54. The van der Waals surface area contributed by atoms with Crippen LogP contribution in [0.1, 0.15) is 49.8 Å².